The third-order valence-corrected chi connectivity index (χ3v) is 5.35. The molecule has 37 heavy (non-hydrogen) atoms. The fraction of sp³-hybridized carbons (Fsp3) is 0.522. The number of aliphatic hydroxyl groups excluding tert-OH is 1. The van der Waals surface area contributed by atoms with E-state index in [1.807, 2.05) is 0 Å². The van der Waals surface area contributed by atoms with E-state index < -0.39 is 60.4 Å². The third-order valence-electron chi connectivity index (χ3n) is 5.35. The molecule has 0 spiro atoms. The Hall–Kier alpha value is -3.91. The van der Waals surface area contributed by atoms with Gasteiger partial charge in [0.05, 0.1) is 6.61 Å². The summed E-state index contributed by atoms with van der Waals surface area (Å²) in [6.45, 7) is 2.87. The quantitative estimate of drug-likeness (QED) is 0.0663. The van der Waals surface area contributed by atoms with E-state index in [-0.39, 0.29) is 31.1 Å². The molecule has 206 valence electrons. The zero-order valence-electron chi connectivity index (χ0n) is 20.9. The minimum absolute atomic E-state index is 0.0159. The zero-order valence-corrected chi connectivity index (χ0v) is 20.9. The minimum Gasteiger partial charge on any atom is -0.508 e. The van der Waals surface area contributed by atoms with Gasteiger partial charge < -0.3 is 48.5 Å². The molecular weight excluding hydrogens is 486 g/mol. The first-order valence-corrected chi connectivity index (χ1v) is 11.7. The SMILES string of the molecule is CC(C)C(NC(=O)C(CCCN=C(N)N)NC(=O)C(N)CO)C(=O)NC(Cc1ccc(O)cc1)C(=O)O. The van der Waals surface area contributed by atoms with Gasteiger partial charge in [-0.25, -0.2) is 4.79 Å². The Balaban J connectivity index is 2.98. The van der Waals surface area contributed by atoms with Crippen LogP contribution in [0.3, 0.4) is 0 Å². The van der Waals surface area contributed by atoms with Crippen LogP contribution in [0.25, 0.3) is 0 Å². The molecule has 0 saturated heterocycles. The van der Waals surface area contributed by atoms with Crippen molar-refractivity contribution in [3.05, 3.63) is 29.8 Å². The lowest BCUT2D eigenvalue weighted by Gasteiger charge is -2.27. The Labute approximate surface area is 214 Å². The van der Waals surface area contributed by atoms with Crippen molar-refractivity contribution in [2.45, 2.75) is 57.3 Å². The van der Waals surface area contributed by atoms with Gasteiger partial charge in [0, 0.05) is 13.0 Å². The van der Waals surface area contributed by atoms with E-state index in [0.29, 0.717) is 12.0 Å². The van der Waals surface area contributed by atoms with Crippen LogP contribution in [-0.4, -0.2) is 82.3 Å². The largest absolute Gasteiger partial charge is 0.508 e. The average molecular weight is 524 g/mol. The second-order valence-electron chi connectivity index (χ2n) is 8.80. The fourth-order valence-electron chi connectivity index (χ4n) is 3.25. The van der Waals surface area contributed by atoms with E-state index in [1.54, 1.807) is 13.8 Å². The number of phenols is 1. The molecule has 3 amide bonds. The molecule has 14 heteroatoms. The summed E-state index contributed by atoms with van der Waals surface area (Å²) in [7, 11) is 0. The number of carboxylic acid groups (broad SMARTS) is 1. The van der Waals surface area contributed by atoms with Crippen LogP contribution in [0.2, 0.25) is 0 Å². The summed E-state index contributed by atoms with van der Waals surface area (Å²) >= 11 is 0. The van der Waals surface area contributed by atoms with Crippen molar-refractivity contribution in [2.75, 3.05) is 13.2 Å². The number of amides is 3. The Morgan fingerprint density at radius 2 is 1.54 bits per heavy atom. The molecule has 14 nitrogen and oxygen atoms in total. The number of guanidine groups is 1. The highest BCUT2D eigenvalue weighted by molar-refractivity contribution is 5.94. The molecule has 0 aliphatic rings. The van der Waals surface area contributed by atoms with Crippen molar-refractivity contribution in [3.8, 4) is 5.75 Å². The van der Waals surface area contributed by atoms with Gasteiger partial charge in [-0.3, -0.25) is 19.4 Å². The van der Waals surface area contributed by atoms with Gasteiger partial charge in [0.2, 0.25) is 17.7 Å². The Morgan fingerprint density at radius 1 is 0.946 bits per heavy atom. The third kappa shape index (κ3) is 11.1. The highest BCUT2D eigenvalue weighted by atomic mass is 16.4. The molecule has 0 aliphatic carbocycles. The zero-order chi connectivity index (χ0) is 28.1. The smallest absolute Gasteiger partial charge is 0.326 e. The average Bonchev–Trinajstić information content (AvgIpc) is 2.83. The highest BCUT2D eigenvalue weighted by Crippen LogP contribution is 2.12. The minimum atomic E-state index is -1.30. The Kier molecular flexibility index (Phi) is 12.8. The predicted octanol–water partition coefficient (Wildman–Crippen LogP) is -2.50. The second kappa shape index (κ2) is 15.3. The predicted molar refractivity (Wildman–Crippen MR) is 135 cm³/mol. The molecule has 0 radical (unpaired) electrons. The summed E-state index contributed by atoms with van der Waals surface area (Å²) in [6, 6.07) is 1.06. The van der Waals surface area contributed by atoms with E-state index in [9.17, 15) is 29.4 Å². The lowest BCUT2D eigenvalue weighted by atomic mass is 10.00. The number of aliphatic hydroxyl groups is 1. The van der Waals surface area contributed by atoms with Crippen LogP contribution in [0.15, 0.2) is 29.3 Å². The van der Waals surface area contributed by atoms with Crippen molar-refractivity contribution in [2.24, 2.45) is 28.1 Å². The standard InChI is InChI=1S/C23H37N7O7/c1-12(2)18(21(35)29-17(22(36)37)10-13-5-7-14(32)8-6-13)30-20(34)16(4-3-9-27-23(25)26)28-19(33)15(24)11-31/h5-8,12,15-18,31-32H,3-4,9-11,24H2,1-2H3,(H,28,33)(H,29,35)(H,30,34)(H,36,37)(H4,25,26,27). The normalized spacial score (nSPS) is 14.1. The summed E-state index contributed by atoms with van der Waals surface area (Å²) < 4.78 is 0. The van der Waals surface area contributed by atoms with E-state index >= 15 is 0 Å². The number of nitrogens with zero attached hydrogens (tertiary/aromatic N) is 1. The van der Waals surface area contributed by atoms with Gasteiger partial charge in [0.1, 0.15) is 29.9 Å². The number of phenolic OH excluding ortho intramolecular Hbond substituents is 1. The maximum absolute atomic E-state index is 13.0. The highest BCUT2D eigenvalue weighted by Gasteiger charge is 2.31. The van der Waals surface area contributed by atoms with E-state index in [2.05, 4.69) is 20.9 Å². The molecule has 0 aliphatic heterocycles. The number of benzene rings is 1. The number of carbonyl (C=O) groups is 4. The first-order valence-electron chi connectivity index (χ1n) is 11.7. The van der Waals surface area contributed by atoms with Gasteiger partial charge in [-0.05, 0) is 36.5 Å². The topological polar surface area (TPSA) is 255 Å². The lowest BCUT2D eigenvalue weighted by molar-refractivity contribution is -0.142. The van der Waals surface area contributed by atoms with Gasteiger partial charge in [-0.15, -0.1) is 0 Å². The first-order chi connectivity index (χ1) is 17.3. The fourth-order valence-corrected chi connectivity index (χ4v) is 3.25. The molecule has 4 atom stereocenters. The van der Waals surface area contributed by atoms with Crippen LogP contribution in [0.4, 0.5) is 0 Å². The summed E-state index contributed by atoms with van der Waals surface area (Å²) in [4.78, 5) is 53.8. The van der Waals surface area contributed by atoms with Crippen LogP contribution >= 0.6 is 0 Å². The van der Waals surface area contributed by atoms with Crippen LogP contribution in [-0.2, 0) is 25.6 Å². The number of aliphatic carboxylic acids is 1. The Morgan fingerprint density at radius 3 is 2.05 bits per heavy atom. The summed E-state index contributed by atoms with van der Waals surface area (Å²) in [5, 5.41) is 35.6. The van der Waals surface area contributed by atoms with Crippen LogP contribution in [0, 0.1) is 5.92 Å². The molecule has 1 aromatic rings. The molecule has 1 rings (SSSR count). The van der Waals surface area contributed by atoms with Gasteiger partial charge >= 0.3 is 5.97 Å². The van der Waals surface area contributed by atoms with Crippen molar-refractivity contribution < 1.29 is 34.5 Å². The number of nitrogens with one attached hydrogen (secondary N) is 3. The Bertz CT molecular complexity index is 949. The number of aromatic hydroxyl groups is 1. The summed E-state index contributed by atoms with van der Waals surface area (Å²) in [5.74, 6) is -4.04. The van der Waals surface area contributed by atoms with Gasteiger partial charge in [0.15, 0.2) is 5.96 Å². The number of hydrogen-bond acceptors (Lipinski definition) is 8. The molecular formula is C23H37N7O7. The van der Waals surface area contributed by atoms with Crippen LogP contribution in [0.1, 0.15) is 32.3 Å². The molecule has 0 saturated carbocycles. The molecule has 1 aromatic carbocycles. The van der Waals surface area contributed by atoms with Crippen LogP contribution < -0.4 is 33.2 Å². The van der Waals surface area contributed by atoms with Crippen molar-refractivity contribution in [1.29, 1.82) is 0 Å². The monoisotopic (exact) mass is 523 g/mol. The summed E-state index contributed by atoms with van der Waals surface area (Å²) in [6.07, 6.45) is 0.344. The second-order valence-corrected chi connectivity index (χ2v) is 8.80. The van der Waals surface area contributed by atoms with E-state index in [4.69, 9.17) is 22.3 Å². The van der Waals surface area contributed by atoms with Gasteiger partial charge in [0.25, 0.3) is 0 Å². The van der Waals surface area contributed by atoms with E-state index in [1.165, 1.54) is 24.3 Å². The maximum Gasteiger partial charge on any atom is 0.326 e. The molecule has 0 fully saturated rings. The number of carboxylic acids is 1. The molecule has 0 heterocycles. The van der Waals surface area contributed by atoms with Crippen molar-refractivity contribution in [1.82, 2.24) is 16.0 Å². The van der Waals surface area contributed by atoms with Gasteiger partial charge in [-0.2, -0.15) is 0 Å². The van der Waals surface area contributed by atoms with Crippen molar-refractivity contribution >= 4 is 29.7 Å². The lowest BCUT2D eigenvalue weighted by Crippen LogP contribution is -2.58. The molecule has 4 unspecified atom stereocenters. The van der Waals surface area contributed by atoms with Gasteiger partial charge in [-0.1, -0.05) is 26.0 Å². The van der Waals surface area contributed by atoms with E-state index in [0.717, 1.165) is 0 Å². The maximum atomic E-state index is 13.0. The van der Waals surface area contributed by atoms with Crippen molar-refractivity contribution in [3.63, 3.8) is 0 Å². The summed E-state index contributed by atoms with van der Waals surface area (Å²) in [5.41, 5.74) is 16.7. The number of aliphatic imine (C=N–C) groups is 1. The molecule has 0 bridgehead atoms. The number of hydrogen-bond donors (Lipinski definition) is 9. The molecule has 0 aromatic heterocycles. The molecule has 12 N–H and O–H groups in total. The number of carbonyl (C=O) groups excluding carboxylic acids is 3. The van der Waals surface area contributed by atoms with Crippen LogP contribution in [0.5, 0.6) is 5.75 Å². The number of rotatable bonds is 15. The first kappa shape index (κ1) is 31.1. The number of nitrogens with two attached hydrogens (primary N) is 3.